The Balaban J connectivity index is 1.31. The number of aryl methyl sites for hydroxylation is 1. The largest absolute Gasteiger partial charge is 0.369 e. The van der Waals surface area contributed by atoms with Gasteiger partial charge in [0.25, 0.3) is 0 Å². The molecule has 1 aliphatic rings. The van der Waals surface area contributed by atoms with Gasteiger partial charge in [0.15, 0.2) is 5.95 Å². The maximum Gasteiger partial charge on any atom is 0.240 e. The van der Waals surface area contributed by atoms with Gasteiger partial charge in [0.05, 0.1) is 18.7 Å². The second kappa shape index (κ2) is 11.7. The predicted molar refractivity (Wildman–Crippen MR) is 154 cm³/mol. The number of nitrogens with two attached hydrogens (primary N) is 2. The summed E-state index contributed by atoms with van der Waals surface area (Å²) in [5, 5.41) is 2.27. The Hall–Kier alpha value is -4.17. The summed E-state index contributed by atoms with van der Waals surface area (Å²) in [6.45, 7) is 2.91. The summed E-state index contributed by atoms with van der Waals surface area (Å²) in [6, 6.07) is 23.2. The second-order valence-electron chi connectivity index (χ2n) is 10.5. The van der Waals surface area contributed by atoms with Crippen LogP contribution in [0.2, 0.25) is 0 Å². The van der Waals surface area contributed by atoms with Gasteiger partial charge < -0.3 is 26.3 Å². The van der Waals surface area contributed by atoms with Crippen molar-refractivity contribution in [2.24, 2.45) is 5.73 Å². The van der Waals surface area contributed by atoms with Crippen LogP contribution in [0.1, 0.15) is 30.2 Å². The lowest BCUT2D eigenvalue weighted by molar-refractivity contribution is -0.147. The highest BCUT2D eigenvalue weighted by Gasteiger charge is 2.37. The lowest BCUT2D eigenvalue weighted by Crippen LogP contribution is -2.63. The lowest BCUT2D eigenvalue weighted by Gasteiger charge is -2.46. The topological polar surface area (TPSA) is 121 Å². The number of nitrogens with zero attached hydrogens (tertiary/aromatic N) is 3. The zero-order valence-electron chi connectivity index (χ0n) is 22.3. The molecule has 0 bridgehead atoms. The van der Waals surface area contributed by atoms with Gasteiger partial charge in [-0.25, -0.2) is 4.98 Å². The van der Waals surface area contributed by atoms with Crippen molar-refractivity contribution >= 4 is 28.5 Å². The summed E-state index contributed by atoms with van der Waals surface area (Å²) < 4.78 is 0. The van der Waals surface area contributed by atoms with Crippen molar-refractivity contribution in [1.82, 2.24) is 19.8 Å². The SMILES string of the molecule is C[C@@H]1CN(C(=O)[C@H](N)Cc2ccccc2)C(CCc2cnc(N)[nH]2)CN1C(=O)Cc1ccc2ccccc2c1. The van der Waals surface area contributed by atoms with Crippen LogP contribution in [0.5, 0.6) is 0 Å². The maximum atomic E-state index is 13.6. The van der Waals surface area contributed by atoms with Crippen molar-refractivity contribution in [3.8, 4) is 0 Å². The molecule has 3 aromatic carbocycles. The van der Waals surface area contributed by atoms with Crippen LogP contribution >= 0.6 is 0 Å². The van der Waals surface area contributed by atoms with E-state index in [2.05, 4.69) is 34.2 Å². The Kier molecular flexibility index (Phi) is 7.93. The number of hydrogen-bond acceptors (Lipinski definition) is 5. The lowest BCUT2D eigenvalue weighted by atomic mass is 9.98. The second-order valence-corrected chi connectivity index (χ2v) is 10.5. The van der Waals surface area contributed by atoms with Gasteiger partial charge in [-0.1, -0.05) is 72.8 Å². The van der Waals surface area contributed by atoms with Gasteiger partial charge in [-0.2, -0.15) is 0 Å². The van der Waals surface area contributed by atoms with Crippen LogP contribution in [0, 0.1) is 0 Å². The first-order valence-electron chi connectivity index (χ1n) is 13.5. The van der Waals surface area contributed by atoms with Crippen molar-refractivity contribution in [2.45, 2.75) is 50.7 Å². The number of anilines is 1. The van der Waals surface area contributed by atoms with Crippen LogP contribution in [0.25, 0.3) is 10.8 Å². The van der Waals surface area contributed by atoms with E-state index >= 15 is 0 Å². The molecule has 1 unspecified atom stereocenters. The average Bonchev–Trinajstić information content (AvgIpc) is 3.37. The van der Waals surface area contributed by atoms with Gasteiger partial charge in [-0.3, -0.25) is 9.59 Å². The Morgan fingerprint density at radius 2 is 1.72 bits per heavy atom. The van der Waals surface area contributed by atoms with E-state index in [1.54, 1.807) is 6.20 Å². The fourth-order valence-electron chi connectivity index (χ4n) is 5.52. The van der Waals surface area contributed by atoms with Crippen molar-refractivity contribution in [3.05, 3.63) is 95.8 Å². The normalized spacial score (nSPS) is 18.3. The van der Waals surface area contributed by atoms with E-state index in [9.17, 15) is 9.59 Å². The molecule has 0 saturated carbocycles. The number of imidazole rings is 1. The predicted octanol–water partition coefficient (Wildman–Crippen LogP) is 3.32. The van der Waals surface area contributed by atoms with E-state index < -0.39 is 6.04 Å². The molecule has 39 heavy (non-hydrogen) atoms. The number of nitrogens with one attached hydrogen (secondary N) is 1. The summed E-state index contributed by atoms with van der Waals surface area (Å²) in [6.07, 6.45) is 3.84. The van der Waals surface area contributed by atoms with Gasteiger partial charge in [-0.05, 0) is 48.1 Å². The van der Waals surface area contributed by atoms with Crippen molar-refractivity contribution in [3.63, 3.8) is 0 Å². The average molecular weight is 525 g/mol. The quantitative estimate of drug-likeness (QED) is 0.327. The molecule has 4 aromatic rings. The van der Waals surface area contributed by atoms with E-state index in [0.717, 1.165) is 27.6 Å². The molecule has 202 valence electrons. The number of aromatic amines is 1. The molecule has 0 radical (unpaired) electrons. The van der Waals surface area contributed by atoms with E-state index in [4.69, 9.17) is 11.5 Å². The van der Waals surface area contributed by atoms with Crippen LogP contribution in [0.3, 0.4) is 0 Å². The molecular formula is C31H36N6O2. The summed E-state index contributed by atoms with van der Waals surface area (Å²) in [4.78, 5) is 38.1. The van der Waals surface area contributed by atoms with Gasteiger partial charge in [0.2, 0.25) is 11.8 Å². The molecule has 0 spiro atoms. The minimum Gasteiger partial charge on any atom is -0.369 e. The first-order chi connectivity index (χ1) is 18.9. The third-order valence-electron chi connectivity index (χ3n) is 7.62. The van der Waals surface area contributed by atoms with Crippen LogP contribution < -0.4 is 11.5 Å². The van der Waals surface area contributed by atoms with Gasteiger partial charge in [0, 0.05) is 30.9 Å². The number of aromatic nitrogens is 2. The number of carbonyl (C=O) groups is 2. The highest BCUT2D eigenvalue weighted by Crippen LogP contribution is 2.23. The summed E-state index contributed by atoms with van der Waals surface area (Å²) in [7, 11) is 0. The number of H-pyrrole nitrogens is 1. The summed E-state index contributed by atoms with van der Waals surface area (Å²) in [5.41, 5.74) is 15.1. The number of benzene rings is 3. The monoisotopic (exact) mass is 524 g/mol. The zero-order chi connectivity index (χ0) is 27.4. The Labute approximate surface area is 229 Å². The Morgan fingerprint density at radius 1 is 0.974 bits per heavy atom. The minimum absolute atomic E-state index is 0.0641. The third-order valence-corrected chi connectivity index (χ3v) is 7.62. The van der Waals surface area contributed by atoms with Gasteiger partial charge in [0.1, 0.15) is 0 Å². The third kappa shape index (κ3) is 6.29. The van der Waals surface area contributed by atoms with Crippen molar-refractivity contribution < 1.29 is 9.59 Å². The molecule has 0 aliphatic carbocycles. The van der Waals surface area contributed by atoms with Crippen LogP contribution in [0.4, 0.5) is 5.95 Å². The first kappa shape index (κ1) is 26.4. The standard InChI is InChI=1S/C31H36N6O2/c1-21-19-37(30(39)28(32)16-22-7-3-2-4-8-22)27(14-13-26-18-34-31(33)35-26)20-36(21)29(38)17-23-11-12-24-9-5-6-10-25(24)15-23/h2-12,15,18,21,27-28H,13-14,16-17,19-20,32H2,1H3,(H3,33,34,35)/t21-,27?,28-/m1/s1. The van der Waals surface area contributed by atoms with E-state index in [1.807, 2.05) is 65.3 Å². The van der Waals surface area contributed by atoms with Crippen molar-refractivity contribution in [1.29, 1.82) is 0 Å². The highest BCUT2D eigenvalue weighted by atomic mass is 16.2. The Morgan fingerprint density at radius 3 is 2.46 bits per heavy atom. The number of hydrogen-bond donors (Lipinski definition) is 3. The molecule has 1 aromatic heterocycles. The minimum atomic E-state index is -0.648. The fourth-order valence-corrected chi connectivity index (χ4v) is 5.52. The smallest absolute Gasteiger partial charge is 0.240 e. The molecular weight excluding hydrogens is 488 g/mol. The molecule has 1 saturated heterocycles. The molecule has 8 heteroatoms. The number of rotatable bonds is 8. The highest BCUT2D eigenvalue weighted by molar-refractivity contribution is 5.86. The zero-order valence-corrected chi connectivity index (χ0v) is 22.3. The number of fused-ring (bicyclic) bond motifs is 1. The fraction of sp³-hybridized carbons (Fsp3) is 0.323. The number of amides is 2. The summed E-state index contributed by atoms with van der Waals surface area (Å²) in [5.74, 6) is 0.350. The van der Waals surface area contributed by atoms with Crippen LogP contribution in [-0.4, -0.2) is 62.8 Å². The molecule has 5 rings (SSSR count). The number of nitrogen functional groups attached to an aromatic ring is 1. The number of carbonyl (C=O) groups excluding carboxylic acids is 2. The van der Waals surface area contributed by atoms with E-state index in [0.29, 0.717) is 44.7 Å². The van der Waals surface area contributed by atoms with E-state index in [-0.39, 0.29) is 23.9 Å². The summed E-state index contributed by atoms with van der Waals surface area (Å²) >= 11 is 0. The number of piperazine rings is 1. The molecule has 2 heterocycles. The molecule has 1 fully saturated rings. The molecule has 8 nitrogen and oxygen atoms in total. The van der Waals surface area contributed by atoms with Crippen LogP contribution in [0.15, 0.2) is 79.0 Å². The van der Waals surface area contributed by atoms with Crippen LogP contribution in [-0.2, 0) is 28.9 Å². The molecule has 5 N–H and O–H groups in total. The first-order valence-corrected chi connectivity index (χ1v) is 13.5. The Bertz CT molecular complexity index is 1440. The van der Waals surface area contributed by atoms with Crippen molar-refractivity contribution in [2.75, 3.05) is 18.8 Å². The van der Waals surface area contributed by atoms with Gasteiger partial charge in [-0.15, -0.1) is 0 Å². The molecule has 2 amide bonds. The molecule has 1 aliphatic heterocycles. The maximum absolute atomic E-state index is 13.6. The van der Waals surface area contributed by atoms with E-state index in [1.165, 1.54) is 0 Å². The molecule has 3 atom stereocenters. The van der Waals surface area contributed by atoms with Gasteiger partial charge >= 0.3 is 0 Å².